The highest BCUT2D eigenvalue weighted by Gasteiger charge is 2.18. The molecule has 0 amide bonds. The van der Waals surface area contributed by atoms with Crippen LogP contribution in [0.2, 0.25) is 0 Å². The predicted molar refractivity (Wildman–Crippen MR) is 88.5 cm³/mol. The Balaban J connectivity index is 1.73. The molecule has 3 nitrogen and oxygen atoms in total. The van der Waals surface area contributed by atoms with Crippen LogP contribution < -0.4 is 0 Å². The fraction of sp³-hybridized carbons (Fsp3) is 0.667. The molecule has 0 saturated carbocycles. The van der Waals surface area contributed by atoms with Crippen molar-refractivity contribution in [1.29, 1.82) is 0 Å². The van der Waals surface area contributed by atoms with Gasteiger partial charge in [0.25, 0.3) is 0 Å². The van der Waals surface area contributed by atoms with Crippen molar-refractivity contribution >= 4 is 0 Å². The number of benzene rings is 1. The lowest BCUT2D eigenvalue weighted by molar-refractivity contribution is 0.133. The number of hydrogen-bond donors (Lipinski definition) is 1. The molecule has 1 aromatic rings. The Morgan fingerprint density at radius 1 is 1.29 bits per heavy atom. The minimum Gasteiger partial charge on any atom is -0.388 e. The molecule has 3 heteroatoms. The Morgan fingerprint density at radius 2 is 1.95 bits per heavy atom. The number of hydrogen-bond acceptors (Lipinski definition) is 3. The van der Waals surface area contributed by atoms with Crippen LogP contribution >= 0.6 is 0 Å². The van der Waals surface area contributed by atoms with E-state index < -0.39 is 0 Å². The number of rotatable bonds is 6. The maximum Gasteiger partial charge on any atom is 0.0804 e. The smallest absolute Gasteiger partial charge is 0.0804 e. The van der Waals surface area contributed by atoms with Gasteiger partial charge in [0.2, 0.25) is 0 Å². The Kier molecular flexibility index (Phi) is 6.22. The van der Waals surface area contributed by atoms with Gasteiger partial charge < -0.3 is 14.9 Å². The molecular formula is C18H30N2O. The molecule has 0 bridgehead atoms. The number of piperidine rings is 1. The lowest BCUT2D eigenvalue weighted by Gasteiger charge is -2.32. The van der Waals surface area contributed by atoms with Crippen molar-refractivity contribution in [2.24, 2.45) is 5.92 Å². The molecule has 21 heavy (non-hydrogen) atoms. The number of nitrogens with zero attached hydrogens (tertiary/aromatic N) is 2. The number of aliphatic hydroxyl groups is 1. The summed E-state index contributed by atoms with van der Waals surface area (Å²) in [5.74, 6) is 0.821. The van der Waals surface area contributed by atoms with E-state index in [2.05, 4.69) is 36.9 Å². The molecule has 0 radical (unpaired) electrons. The molecule has 1 unspecified atom stereocenters. The first kappa shape index (κ1) is 16.5. The molecule has 1 aromatic carbocycles. The van der Waals surface area contributed by atoms with Crippen LogP contribution in [0.15, 0.2) is 24.3 Å². The quantitative estimate of drug-likeness (QED) is 0.872. The second-order valence-corrected chi connectivity index (χ2v) is 6.67. The van der Waals surface area contributed by atoms with Crippen LogP contribution in [0.5, 0.6) is 0 Å². The zero-order valence-corrected chi connectivity index (χ0v) is 13.8. The number of likely N-dealkylation sites (tertiary alicyclic amines) is 1. The zero-order valence-electron chi connectivity index (χ0n) is 13.8. The summed E-state index contributed by atoms with van der Waals surface area (Å²) in [6.07, 6.45) is 3.09. The highest BCUT2D eigenvalue weighted by atomic mass is 16.3. The van der Waals surface area contributed by atoms with Crippen LogP contribution in [0.4, 0.5) is 0 Å². The van der Waals surface area contributed by atoms with Gasteiger partial charge in [0.05, 0.1) is 6.10 Å². The lowest BCUT2D eigenvalue weighted by Crippen LogP contribution is -2.36. The van der Waals surface area contributed by atoms with E-state index in [0.717, 1.165) is 31.0 Å². The van der Waals surface area contributed by atoms with E-state index in [9.17, 15) is 5.11 Å². The van der Waals surface area contributed by atoms with E-state index >= 15 is 0 Å². The second-order valence-electron chi connectivity index (χ2n) is 6.67. The van der Waals surface area contributed by atoms with E-state index in [4.69, 9.17) is 0 Å². The van der Waals surface area contributed by atoms with Gasteiger partial charge in [-0.1, -0.05) is 24.3 Å². The summed E-state index contributed by atoms with van der Waals surface area (Å²) in [5.41, 5.74) is 2.26. The maximum atomic E-state index is 10.4. The maximum absolute atomic E-state index is 10.4. The standard InChI is InChI=1S/C18H30N2O/c1-15-6-4-5-7-17(15)18(21)10-13-20(3)14-16-8-11-19(2)12-9-16/h4-7,16,18,21H,8-14H2,1-3H3. The Hall–Kier alpha value is -0.900. The largest absolute Gasteiger partial charge is 0.388 e. The summed E-state index contributed by atoms with van der Waals surface area (Å²) in [6.45, 7) is 6.64. The third kappa shape index (κ3) is 5.10. The minimum absolute atomic E-state index is 0.342. The summed E-state index contributed by atoms with van der Waals surface area (Å²) in [6, 6.07) is 8.14. The number of aryl methyl sites for hydroxylation is 1. The molecule has 1 N–H and O–H groups in total. The SMILES string of the molecule is Cc1ccccc1C(O)CCN(C)CC1CCN(C)CC1. The summed E-state index contributed by atoms with van der Waals surface area (Å²) in [4.78, 5) is 4.80. The first-order chi connectivity index (χ1) is 10.1. The third-order valence-electron chi connectivity index (χ3n) is 4.74. The monoisotopic (exact) mass is 290 g/mol. The molecule has 2 rings (SSSR count). The van der Waals surface area contributed by atoms with Gasteiger partial charge in [-0.3, -0.25) is 0 Å². The molecule has 0 aliphatic carbocycles. The van der Waals surface area contributed by atoms with Gasteiger partial charge in [-0.05, 0) is 70.4 Å². The van der Waals surface area contributed by atoms with E-state index in [0.29, 0.717) is 0 Å². The molecule has 1 aliphatic heterocycles. The molecule has 1 heterocycles. The fourth-order valence-corrected chi connectivity index (χ4v) is 3.24. The van der Waals surface area contributed by atoms with Gasteiger partial charge in [0.1, 0.15) is 0 Å². The van der Waals surface area contributed by atoms with Crippen molar-refractivity contribution in [3.8, 4) is 0 Å². The molecule has 1 atom stereocenters. The first-order valence-corrected chi connectivity index (χ1v) is 8.17. The number of aliphatic hydroxyl groups excluding tert-OH is 1. The average Bonchev–Trinajstić information content (AvgIpc) is 2.48. The van der Waals surface area contributed by atoms with Crippen LogP contribution in [0, 0.1) is 12.8 Å². The third-order valence-corrected chi connectivity index (χ3v) is 4.74. The van der Waals surface area contributed by atoms with Gasteiger partial charge in [0, 0.05) is 13.1 Å². The molecule has 118 valence electrons. The summed E-state index contributed by atoms with van der Waals surface area (Å²) in [7, 11) is 4.39. The van der Waals surface area contributed by atoms with E-state index in [1.807, 2.05) is 18.2 Å². The lowest BCUT2D eigenvalue weighted by atomic mass is 9.96. The van der Waals surface area contributed by atoms with Gasteiger partial charge in [-0.2, -0.15) is 0 Å². The summed E-state index contributed by atoms with van der Waals surface area (Å²) in [5, 5.41) is 10.4. The van der Waals surface area contributed by atoms with Crippen molar-refractivity contribution in [3.05, 3.63) is 35.4 Å². The predicted octanol–water partition coefficient (Wildman–Crippen LogP) is 2.69. The van der Waals surface area contributed by atoms with Crippen LogP contribution in [0.25, 0.3) is 0 Å². The zero-order chi connectivity index (χ0) is 15.2. The van der Waals surface area contributed by atoms with Crippen molar-refractivity contribution in [3.63, 3.8) is 0 Å². The van der Waals surface area contributed by atoms with Crippen LogP contribution in [0.3, 0.4) is 0 Å². The average molecular weight is 290 g/mol. The van der Waals surface area contributed by atoms with Crippen LogP contribution in [-0.4, -0.2) is 55.2 Å². The van der Waals surface area contributed by atoms with Gasteiger partial charge in [-0.25, -0.2) is 0 Å². The molecular weight excluding hydrogens is 260 g/mol. The Bertz CT molecular complexity index is 427. The molecule has 1 saturated heterocycles. The van der Waals surface area contributed by atoms with Crippen molar-refractivity contribution in [2.75, 3.05) is 40.3 Å². The van der Waals surface area contributed by atoms with Crippen molar-refractivity contribution in [2.45, 2.75) is 32.3 Å². The highest BCUT2D eigenvalue weighted by molar-refractivity contribution is 5.27. The molecule has 1 fully saturated rings. The van der Waals surface area contributed by atoms with Crippen molar-refractivity contribution < 1.29 is 5.11 Å². The van der Waals surface area contributed by atoms with Crippen LogP contribution in [-0.2, 0) is 0 Å². The topological polar surface area (TPSA) is 26.7 Å². The fourth-order valence-electron chi connectivity index (χ4n) is 3.24. The van der Waals surface area contributed by atoms with E-state index in [1.54, 1.807) is 0 Å². The van der Waals surface area contributed by atoms with E-state index in [1.165, 1.54) is 31.5 Å². The summed E-state index contributed by atoms with van der Waals surface area (Å²) >= 11 is 0. The van der Waals surface area contributed by atoms with Gasteiger partial charge in [0.15, 0.2) is 0 Å². The normalized spacial score (nSPS) is 19.1. The molecule has 0 spiro atoms. The minimum atomic E-state index is -0.342. The second kappa shape index (κ2) is 7.92. The van der Waals surface area contributed by atoms with Gasteiger partial charge in [-0.15, -0.1) is 0 Å². The van der Waals surface area contributed by atoms with Gasteiger partial charge >= 0.3 is 0 Å². The Morgan fingerprint density at radius 3 is 2.62 bits per heavy atom. The first-order valence-electron chi connectivity index (χ1n) is 8.17. The van der Waals surface area contributed by atoms with Crippen molar-refractivity contribution in [1.82, 2.24) is 9.80 Å². The Labute approximate surface area is 129 Å². The summed E-state index contributed by atoms with van der Waals surface area (Å²) < 4.78 is 0. The van der Waals surface area contributed by atoms with Crippen LogP contribution in [0.1, 0.15) is 36.5 Å². The molecule has 0 aromatic heterocycles. The molecule has 1 aliphatic rings. The highest BCUT2D eigenvalue weighted by Crippen LogP contribution is 2.21. The van der Waals surface area contributed by atoms with E-state index in [-0.39, 0.29) is 6.10 Å².